The van der Waals surface area contributed by atoms with Gasteiger partial charge < -0.3 is 8.83 Å². The molecule has 2 aromatic heterocycles. The van der Waals surface area contributed by atoms with Crippen molar-refractivity contribution in [2.75, 3.05) is 0 Å². The third kappa shape index (κ3) is 2.72. The molecule has 0 aliphatic heterocycles. The lowest BCUT2D eigenvalue weighted by molar-refractivity contribution is 0.579. The highest BCUT2D eigenvalue weighted by molar-refractivity contribution is 5.80. The molecule has 0 fully saturated rings. The zero-order valence-electron chi connectivity index (χ0n) is 12.4. The van der Waals surface area contributed by atoms with Crippen molar-refractivity contribution < 1.29 is 17.6 Å². The van der Waals surface area contributed by atoms with Crippen LogP contribution in [0.15, 0.2) is 63.6 Å². The maximum atomic E-state index is 13.6. The van der Waals surface area contributed by atoms with Gasteiger partial charge in [-0.1, -0.05) is 0 Å². The first-order chi connectivity index (χ1) is 11.7. The van der Waals surface area contributed by atoms with E-state index in [2.05, 4.69) is 4.98 Å². The Morgan fingerprint density at radius 3 is 2.67 bits per heavy atom. The maximum Gasteiger partial charge on any atom is 0.220 e. The molecule has 0 amide bonds. The second kappa shape index (κ2) is 5.77. The molecule has 0 saturated carbocycles. The monoisotopic (exact) mass is 323 g/mol. The van der Waals surface area contributed by atoms with E-state index in [1.165, 1.54) is 18.2 Å². The summed E-state index contributed by atoms with van der Waals surface area (Å²) in [7, 11) is 0. The Balaban J connectivity index is 1.66. The van der Waals surface area contributed by atoms with Crippen LogP contribution < -0.4 is 0 Å². The Morgan fingerprint density at radius 2 is 1.88 bits per heavy atom. The van der Waals surface area contributed by atoms with Crippen LogP contribution in [0.2, 0.25) is 0 Å². The fourth-order valence-corrected chi connectivity index (χ4v) is 2.41. The van der Waals surface area contributed by atoms with Gasteiger partial charge in [0, 0.05) is 23.3 Å². The molecule has 4 aromatic rings. The number of benzene rings is 2. The summed E-state index contributed by atoms with van der Waals surface area (Å²) in [5.41, 5.74) is 2.42. The molecule has 2 aromatic carbocycles. The lowest BCUT2D eigenvalue weighted by Gasteiger charge is -1.95. The molecule has 0 aliphatic rings. The van der Waals surface area contributed by atoms with Gasteiger partial charge in [-0.2, -0.15) is 0 Å². The largest absolute Gasteiger partial charge is 0.464 e. The first-order valence-corrected chi connectivity index (χ1v) is 7.27. The van der Waals surface area contributed by atoms with Gasteiger partial charge >= 0.3 is 0 Å². The molecule has 0 atom stereocenters. The van der Waals surface area contributed by atoms with Crippen LogP contribution in [0.3, 0.4) is 0 Å². The fourth-order valence-electron chi connectivity index (χ4n) is 2.41. The Kier molecular flexibility index (Phi) is 3.46. The Hall–Kier alpha value is -3.21. The van der Waals surface area contributed by atoms with Crippen LogP contribution >= 0.6 is 0 Å². The number of oxazole rings is 1. The molecule has 5 heteroatoms. The van der Waals surface area contributed by atoms with Gasteiger partial charge in [-0.15, -0.1) is 0 Å². The minimum Gasteiger partial charge on any atom is -0.464 e. The van der Waals surface area contributed by atoms with Crippen molar-refractivity contribution in [3.05, 3.63) is 77.9 Å². The molecule has 0 unspecified atom stereocenters. The van der Waals surface area contributed by atoms with Crippen molar-refractivity contribution in [2.24, 2.45) is 0 Å². The summed E-state index contributed by atoms with van der Waals surface area (Å²) in [5, 5.41) is 0. The van der Waals surface area contributed by atoms with E-state index in [9.17, 15) is 8.78 Å². The van der Waals surface area contributed by atoms with Crippen LogP contribution in [-0.2, 0) is 0 Å². The Bertz CT molecular complexity index is 1030. The van der Waals surface area contributed by atoms with E-state index in [1.54, 1.807) is 12.3 Å². The predicted octanol–water partition coefficient (Wildman–Crippen LogP) is 5.54. The number of rotatable bonds is 3. The van der Waals surface area contributed by atoms with Crippen molar-refractivity contribution in [1.29, 1.82) is 0 Å². The van der Waals surface area contributed by atoms with Gasteiger partial charge in [0.2, 0.25) is 5.89 Å². The smallest absolute Gasteiger partial charge is 0.220 e. The van der Waals surface area contributed by atoms with Crippen molar-refractivity contribution in [2.45, 2.75) is 0 Å². The molecule has 0 saturated heterocycles. The number of fused-ring (bicyclic) bond motifs is 1. The fraction of sp³-hybridized carbons (Fsp3) is 0. The van der Waals surface area contributed by atoms with Crippen molar-refractivity contribution in [3.8, 4) is 11.3 Å². The molecule has 0 aliphatic carbocycles. The maximum absolute atomic E-state index is 13.6. The Labute approximate surface area is 135 Å². The van der Waals surface area contributed by atoms with E-state index in [-0.39, 0.29) is 5.56 Å². The van der Waals surface area contributed by atoms with Gasteiger partial charge in [0.1, 0.15) is 22.9 Å². The number of halogens is 2. The van der Waals surface area contributed by atoms with Crippen LogP contribution in [0.1, 0.15) is 11.5 Å². The first kappa shape index (κ1) is 14.4. The van der Waals surface area contributed by atoms with Crippen LogP contribution in [0.4, 0.5) is 8.78 Å². The average molecular weight is 323 g/mol. The molecule has 24 heavy (non-hydrogen) atoms. The zero-order valence-corrected chi connectivity index (χ0v) is 12.4. The van der Waals surface area contributed by atoms with Gasteiger partial charge in [0.05, 0.1) is 6.26 Å². The normalized spacial score (nSPS) is 11.6. The molecule has 0 spiro atoms. The van der Waals surface area contributed by atoms with Gasteiger partial charge in [-0.05, 0) is 48.5 Å². The molecule has 2 heterocycles. The highest BCUT2D eigenvalue weighted by Gasteiger charge is 2.07. The quantitative estimate of drug-likeness (QED) is 0.497. The summed E-state index contributed by atoms with van der Waals surface area (Å²) in [4.78, 5) is 4.32. The number of aromatic nitrogens is 1. The summed E-state index contributed by atoms with van der Waals surface area (Å²) < 4.78 is 37.5. The van der Waals surface area contributed by atoms with E-state index in [0.717, 1.165) is 17.4 Å². The molecule has 0 bridgehead atoms. The van der Waals surface area contributed by atoms with Gasteiger partial charge in [-0.3, -0.25) is 0 Å². The first-order valence-electron chi connectivity index (χ1n) is 7.27. The number of hydrogen-bond donors (Lipinski definition) is 0. The standard InChI is InChI=1S/C19H11F2NO2/c20-14-6-3-12(15(21)11-14)5-8-19-22-16-7-4-13(10-18(16)24-19)17-2-1-9-23-17/h1-11H. The van der Waals surface area contributed by atoms with Gasteiger partial charge in [0.25, 0.3) is 0 Å². The van der Waals surface area contributed by atoms with Crippen LogP contribution in [0, 0.1) is 11.6 Å². The zero-order chi connectivity index (χ0) is 16.5. The molecule has 0 radical (unpaired) electrons. The summed E-state index contributed by atoms with van der Waals surface area (Å²) in [6.45, 7) is 0. The summed E-state index contributed by atoms with van der Waals surface area (Å²) in [5.74, 6) is -0.177. The van der Waals surface area contributed by atoms with Crippen LogP contribution in [0.5, 0.6) is 0 Å². The third-order valence-corrected chi connectivity index (χ3v) is 3.58. The highest BCUT2D eigenvalue weighted by atomic mass is 19.1. The second-order valence-corrected chi connectivity index (χ2v) is 5.21. The number of nitrogens with zero attached hydrogens (tertiary/aromatic N) is 1. The molecule has 3 nitrogen and oxygen atoms in total. The third-order valence-electron chi connectivity index (χ3n) is 3.58. The van der Waals surface area contributed by atoms with E-state index >= 15 is 0 Å². The molecule has 4 rings (SSSR count). The molecule has 118 valence electrons. The summed E-state index contributed by atoms with van der Waals surface area (Å²) in [6, 6.07) is 12.6. The average Bonchev–Trinajstić information content (AvgIpc) is 3.22. The van der Waals surface area contributed by atoms with Gasteiger partial charge in [0.15, 0.2) is 5.58 Å². The number of furan rings is 1. The lowest BCUT2D eigenvalue weighted by atomic mass is 10.1. The van der Waals surface area contributed by atoms with Gasteiger partial charge in [-0.25, -0.2) is 13.8 Å². The van der Waals surface area contributed by atoms with Crippen molar-refractivity contribution in [1.82, 2.24) is 4.98 Å². The second-order valence-electron chi connectivity index (χ2n) is 5.21. The molecule has 0 N–H and O–H groups in total. The summed E-state index contributed by atoms with van der Waals surface area (Å²) >= 11 is 0. The molecular formula is C19H11F2NO2. The van der Waals surface area contributed by atoms with Crippen molar-refractivity contribution in [3.63, 3.8) is 0 Å². The minimum atomic E-state index is -0.637. The summed E-state index contributed by atoms with van der Waals surface area (Å²) in [6.07, 6.45) is 4.64. The molecular weight excluding hydrogens is 312 g/mol. The SMILES string of the molecule is Fc1ccc(C=Cc2nc3ccc(-c4ccco4)cc3o2)c(F)c1. The highest BCUT2D eigenvalue weighted by Crippen LogP contribution is 2.26. The van der Waals surface area contributed by atoms with E-state index in [0.29, 0.717) is 17.0 Å². The topological polar surface area (TPSA) is 39.2 Å². The minimum absolute atomic E-state index is 0.259. The van der Waals surface area contributed by atoms with E-state index < -0.39 is 11.6 Å². The van der Waals surface area contributed by atoms with Crippen LogP contribution in [0.25, 0.3) is 34.6 Å². The Morgan fingerprint density at radius 1 is 0.958 bits per heavy atom. The predicted molar refractivity (Wildman–Crippen MR) is 87.0 cm³/mol. The lowest BCUT2D eigenvalue weighted by Crippen LogP contribution is -1.83. The number of hydrogen-bond acceptors (Lipinski definition) is 3. The van der Waals surface area contributed by atoms with E-state index in [4.69, 9.17) is 8.83 Å². The van der Waals surface area contributed by atoms with E-state index in [1.807, 2.05) is 30.3 Å². The van der Waals surface area contributed by atoms with Crippen LogP contribution in [-0.4, -0.2) is 4.98 Å². The van der Waals surface area contributed by atoms with Crippen molar-refractivity contribution >= 4 is 23.3 Å².